The molecule has 0 aliphatic heterocycles. The highest BCUT2D eigenvalue weighted by Gasteiger charge is 2.01. The van der Waals surface area contributed by atoms with Gasteiger partial charge in [-0.2, -0.15) is 0 Å². The molecule has 1 aromatic carbocycles. The first-order chi connectivity index (χ1) is 5.79. The van der Waals surface area contributed by atoms with Crippen molar-refractivity contribution in [1.82, 2.24) is 0 Å². The summed E-state index contributed by atoms with van der Waals surface area (Å²) in [6.07, 6.45) is 3.42. The zero-order chi connectivity index (χ0) is 8.97. The van der Waals surface area contributed by atoms with Crippen LogP contribution in [0.1, 0.15) is 31.4 Å². The monoisotopic (exact) mass is 180 g/mol. The van der Waals surface area contributed by atoms with Crippen LogP contribution >= 0.6 is 12.6 Å². The van der Waals surface area contributed by atoms with E-state index in [0.717, 1.165) is 12.8 Å². The third-order valence-electron chi connectivity index (χ3n) is 2.10. The van der Waals surface area contributed by atoms with Gasteiger partial charge < -0.3 is 0 Å². The lowest BCUT2D eigenvalue weighted by molar-refractivity contribution is 0.889. The van der Waals surface area contributed by atoms with Crippen LogP contribution in [-0.2, 0) is 12.8 Å². The van der Waals surface area contributed by atoms with E-state index in [1.54, 1.807) is 0 Å². The van der Waals surface area contributed by atoms with E-state index in [0.29, 0.717) is 0 Å². The van der Waals surface area contributed by atoms with E-state index in [4.69, 9.17) is 0 Å². The topological polar surface area (TPSA) is 0 Å². The molecule has 0 heterocycles. The molecule has 0 nitrogen and oxygen atoms in total. The lowest BCUT2D eigenvalue weighted by Gasteiger charge is -2.07. The van der Waals surface area contributed by atoms with E-state index >= 15 is 0 Å². The van der Waals surface area contributed by atoms with Crippen LogP contribution in [0.3, 0.4) is 0 Å². The third kappa shape index (κ3) is 2.04. The summed E-state index contributed by atoms with van der Waals surface area (Å²) in [5.74, 6) is 0. The van der Waals surface area contributed by atoms with Gasteiger partial charge in [0.2, 0.25) is 0 Å². The van der Waals surface area contributed by atoms with Crippen molar-refractivity contribution in [2.24, 2.45) is 0 Å². The lowest BCUT2D eigenvalue weighted by atomic mass is 10.1. The minimum Gasteiger partial charge on any atom is -0.143 e. The van der Waals surface area contributed by atoms with E-state index in [9.17, 15) is 0 Å². The molecule has 0 bridgehead atoms. The molecule has 0 unspecified atom stereocenters. The summed E-state index contributed by atoms with van der Waals surface area (Å²) in [5.41, 5.74) is 2.75. The van der Waals surface area contributed by atoms with Crippen molar-refractivity contribution in [3.63, 3.8) is 0 Å². The van der Waals surface area contributed by atoms with Gasteiger partial charge in [-0.1, -0.05) is 38.5 Å². The van der Waals surface area contributed by atoms with Crippen LogP contribution in [0.5, 0.6) is 0 Å². The second-order valence-electron chi connectivity index (χ2n) is 3.03. The van der Waals surface area contributed by atoms with Gasteiger partial charge in [-0.3, -0.25) is 0 Å². The predicted molar refractivity (Wildman–Crippen MR) is 57.1 cm³/mol. The molecule has 0 aromatic heterocycles. The van der Waals surface area contributed by atoms with Gasteiger partial charge in [0, 0.05) is 4.90 Å². The highest BCUT2D eigenvalue weighted by molar-refractivity contribution is 7.80. The minimum absolute atomic E-state index is 1.08. The number of rotatable bonds is 3. The van der Waals surface area contributed by atoms with Crippen molar-refractivity contribution < 1.29 is 0 Å². The Morgan fingerprint density at radius 2 is 1.83 bits per heavy atom. The summed E-state index contributed by atoms with van der Waals surface area (Å²) in [4.78, 5) is 1.20. The average molecular weight is 180 g/mol. The largest absolute Gasteiger partial charge is 0.143 e. The van der Waals surface area contributed by atoms with E-state index in [1.807, 2.05) is 0 Å². The fourth-order valence-corrected chi connectivity index (χ4v) is 1.82. The molecule has 0 radical (unpaired) electrons. The van der Waals surface area contributed by atoms with Crippen LogP contribution in [0.4, 0.5) is 0 Å². The number of hydrogen-bond acceptors (Lipinski definition) is 1. The Kier molecular flexibility index (Phi) is 3.67. The summed E-state index contributed by atoms with van der Waals surface area (Å²) in [7, 11) is 0. The van der Waals surface area contributed by atoms with Crippen LogP contribution in [-0.4, -0.2) is 0 Å². The Hall–Kier alpha value is -0.430. The molecule has 1 rings (SSSR count). The van der Waals surface area contributed by atoms with Crippen molar-refractivity contribution in [3.05, 3.63) is 29.3 Å². The Balaban J connectivity index is 2.97. The van der Waals surface area contributed by atoms with E-state index in [1.165, 1.54) is 22.4 Å². The molecule has 0 spiro atoms. The molecule has 0 amide bonds. The number of hydrogen-bond donors (Lipinski definition) is 1. The van der Waals surface area contributed by atoms with Gasteiger partial charge in [-0.05, 0) is 24.0 Å². The second-order valence-corrected chi connectivity index (χ2v) is 3.48. The summed E-state index contributed by atoms with van der Waals surface area (Å²) in [6, 6.07) is 6.45. The fourth-order valence-electron chi connectivity index (χ4n) is 1.40. The number of aryl methyl sites for hydroxylation is 2. The summed E-state index contributed by atoms with van der Waals surface area (Å²) in [6.45, 7) is 4.37. The summed E-state index contributed by atoms with van der Waals surface area (Å²) in [5, 5.41) is 0. The Morgan fingerprint density at radius 3 is 2.42 bits per heavy atom. The first-order valence-electron chi connectivity index (χ1n) is 4.59. The van der Waals surface area contributed by atoms with Crippen molar-refractivity contribution in [1.29, 1.82) is 0 Å². The van der Waals surface area contributed by atoms with Gasteiger partial charge >= 0.3 is 0 Å². The Morgan fingerprint density at radius 1 is 1.17 bits per heavy atom. The standard InChI is InChI=1S/C11H16S/c1-3-6-10-8-5-7-9(4-2)11(10)12/h5,7-8,12H,3-4,6H2,1-2H3. The van der Waals surface area contributed by atoms with Crippen molar-refractivity contribution in [2.45, 2.75) is 38.0 Å². The zero-order valence-electron chi connectivity index (χ0n) is 7.80. The quantitative estimate of drug-likeness (QED) is 0.676. The van der Waals surface area contributed by atoms with Crippen LogP contribution in [0.15, 0.2) is 23.1 Å². The van der Waals surface area contributed by atoms with Crippen molar-refractivity contribution in [3.8, 4) is 0 Å². The van der Waals surface area contributed by atoms with E-state index < -0.39 is 0 Å². The van der Waals surface area contributed by atoms with Crippen LogP contribution < -0.4 is 0 Å². The molecule has 0 aliphatic rings. The second kappa shape index (κ2) is 4.56. The molecule has 0 N–H and O–H groups in total. The third-order valence-corrected chi connectivity index (χ3v) is 2.68. The molecule has 0 fully saturated rings. The average Bonchev–Trinajstić information content (AvgIpc) is 2.09. The molecule has 12 heavy (non-hydrogen) atoms. The first kappa shape index (κ1) is 9.66. The lowest BCUT2D eigenvalue weighted by Crippen LogP contribution is -1.90. The van der Waals surface area contributed by atoms with E-state index in [2.05, 4.69) is 44.7 Å². The van der Waals surface area contributed by atoms with E-state index in [-0.39, 0.29) is 0 Å². The van der Waals surface area contributed by atoms with Gasteiger partial charge in [-0.15, -0.1) is 12.6 Å². The fraction of sp³-hybridized carbons (Fsp3) is 0.455. The van der Waals surface area contributed by atoms with Crippen LogP contribution in [0.25, 0.3) is 0 Å². The van der Waals surface area contributed by atoms with Gasteiger partial charge in [-0.25, -0.2) is 0 Å². The first-order valence-corrected chi connectivity index (χ1v) is 5.04. The maximum absolute atomic E-state index is 4.53. The SMILES string of the molecule is CCCc1cccc(CC)c1S. The maximum atomic E-state index is 4.53. The molecule has 0 atom stereocenters. The highest BCUT2D eigenvalue weighted by Crippen LogP contribution is 2.20. The van der Waals surface area contributed by atoms with Gasteiger partial charge in [0.25, 0.3) is 0 Å². The van der Waals surface area contributed by atoms with Gasteiger partial charge in [0.05, 0.1) is 0 Å². The normalized spacial score (nSPS) is 10.2. The molecule has 1 heteroatoms. The molecule has 66 valence electrons. The smallest absolute Gasteiger partial charge is 0.0104 e. The summed E-state index contributed by atoms with van der Waals surface area (Å²) >= 11 is 4.53. The molecular weight excluding hydrogens is 164 g/mol. The molecule has 1 aromatic rings. The molecule has 0 saturated heterocycles. The van der Waals surface area contributed by atoms with Gasteiger partial charge in [0.15, 0.2) is 0 Å². The predicted octanol–water partition coefficient (Wildman–Crippen LogP) is 3.49. The van der Waals surface area contributed by atoms with Crippen molar-refractivity contribution >= 4 is 12.6 Å². The van der Waals surface area contributed by atoms with Crippen LogP contribution in [0, 0.1) is 0 Å². The minimum atomic E-state index is 1.08. The summed E-state index contributed by atoms with van der Waals surface area (Å²) < 4.78 is 0. The Bertz CT molecular complexity index is 253. The van der Waals surface area contributed by atoms with Crippen molar-refractivity contribution in [2.75, 3.05) is 0 Å². The molecular formula is C11H16S. The molecule has 0 aliphatic carbocycles. The highest BCUT2D eigenvalue weighted by atomic mass is 32.1. The maximum Gasteiger partial charge on any atom is 0.0104 e. The molecule has 0 saturated carbocycles. The Labute approximate surface area is 80.4 Å². The zero-order valence-corrected chi connectivity index (χ0v) is 8.70. The number of benzene rings is 1. The van der Waals surface area contributed by atoms with Gasteiger partial charge in [0.1, 0.15) is 0 Å². The number of thiol groups is 1. The van der Waals surface area contributed by atoms with Crippen LogP contribution in [0.2, 0.25) is 0 Å².